The number of hydrogen-bond donors (Lipinski definition) is 1. The van der Waals surface area contributed by atoms with E-state index in [0.29, 0.717) is 21.0 Å². The van der Waals surface area contributed by atoms with Gasteiger partial charge in [-0.2, -0.15) is 0 Å². The van der Waals surface area contributed by atoms with Crippen molar-refractivity contribution in [3.05, 3.63) is 63.6 Å². The summed E-state index contributed by atoms with van der Waals surface area (Å²) in [6.45, 7) is 0.970. The number of carbonyl (C=O) groups is 2. The maximum Gasteiger partial charge on any atom is 0.244 e. The van der Waals surface area contributed by atoms with Gasteiger partial charge in [0.1, 0.15) is 12.6 Å². The molecule has 12 heteroatoms. The molecule has 2 amide bonds. The molecular formula is C25H29Cl2F2N3O4S. The van der Waals surface area contributed by atoms with Gasteiger partial charge in [-0.1, -0.05) is 49.0 Å². The molecule has 0 bridgehead atoms. The molecule has 37 heavy (non-hydrogen) atoms. The molecule has 3 rings (SSSR count). The average molecular weight is 576 g/mol. The highest BCUT2D eigenvalue weighted by Gasteiger charge is 2.33. The van der Waals surface area contributed by atoms with Crippen LogP contribution in [-0.4, -0.2) is 50.0 Å². The van der Waals surface area contributed by atoms with Gasteiger partial charge in [0.25, 0.3) is 0 Å². The highest BCUT2D eigenvalue weighted by molar-refractivity contribution is 7.92. The van der Waals surface area contributed by atoms with Crippen molar-refractivity contribution in [3.63, 3.8) is 0 Å². The summed E-state index contributed by atoms with van der Waals surface area (Å²) in [5.74, 6) is -3.45. The van der Waals surface area contributed by atoms with Crippen LogP contribution in [0.15, 0.2) is 36.4 Å². The van der Waals surface area contributed by atoms with Crippen molar-refractivity contribution in [2.75, 3.05) is 17.1 Å². The lowest BCUT2D eigenvalue weighted by atomic mass is 10.1. The van der Waals surface area contributed by atoms with Gasteiger partial charge >= 0.3 is 0 Å². The summed E-state index contributed by atoms with van der Waals surface area (Å²) in [5, 5.41) is 3.57. The molecule has 1 N–H and O–H groups in total. The van der Waals surface area contributed by atoms with E-state index in [9.17, 15) is 26.8 Å². The first kappa shape index (κ1) is 29.1. The zero-order chi connectivity index (χ0) is 27.3. The van der Waals surface area contributed by atoms with Crippen molar-refractivity contribution < 1.29 is 26.8 Å². The van der Waals surface area contributed by atoms with E-state index in [2.05, 4.69) is 5.32 Å². The molecule has 1 atom stereocenters. The van der Waals surface area contributed by atoms with Crippen molar-refractivity contribution in [2.24, 2.45) is 0 Å². The van der Waals surface area contributed by atoms with Crippen LogP contribution < -0.4 is 9.62 Å². The van der Waals surface area contributed by atoms with Gasteiger partial charge in [-0.25, -0.2) is 17.2 Å². The highest BCUT2D eigenvalue weighted by Crippen LogP contribution is 2.26. The topological polar surface area (TPSA) is 86.8 Å². The minimum absolute atomic E-state index is 0.0122. The van der Waals surface area contributed by atoms with Crippen LogP contribution in [0.3, 0.4) is 0 Å². The molecule has 202 valence electrons. The minimum atomic E-state index is -4.08. The zero-order valence-corrected chi connectivity index (χ0v) is 22.8. The first-order valence-electron chi connectivity index (χ1n) is 11.9. The fourth-order valence-corrected chi connectivity index (χ4v) is 5.54. The molecule has 7 nitrogen and oxygen atoms in total. The number of carbonyl (C=O) groups excluding carboxylic acids is 2. The normalized spacial score (nSPS) is 14.9. The second-order valence-corrected chi connectivity index (χ2v) is 11.8. The molecular weight excluding hydrogens is 547 g/mol. The molecule has 0 radical (unpaired) electrons. The van der Waals surface area contributed by atoms with E-state index in [4.69, 9.17) is 23.2 Å². The Bertz CT molecular complexity index is 1260. The molecule has 1 saturated carbocycles. The first-order valence-corrected chi connectivity index (χ1v) is 14.5. The second-order valence-electron chi connectivity index (χ2n) is 9.05. The largest absolute Gasteiger partial charge is 0.352 e. The van der Waals surface area contributed by atoms with E-state index in [0.717, 1.165) is 44.1 Å². The quantitative estimate of drug-likeness (QED) is 0.436. The summed E-state index contributed by atoms with van der Waals surface area (Å²) in [6, 6.07) is 6.44. The molecule has 1 aliphatic carbocycles. The van der Waals surface area contributed by atoms with E-state index < -0.39 is 40.2 Å². The molecule has 2 aromatic carbocycles. The van der Waals surface area contributed by atoms with E-state index in [-0.39, 0.29) is 35.6 Å². The number of nitrogens with one attached hydrogen (secondary N) is 1. The smallest absolute Gasteiger partial charge is 0.244 e. The van der Waals surface area contributed by atoms with Crippen molar-refractivity contribution in [1.29, 1.82) is 0 Å². The number of sulfonamides is 1. The standard InChI is InChI=1S/C25H29Cl2F2N3O4S/c1-3-23(25(34)30-17-6-4-5-7-17)31(14-16-8-10-19(26)20(27)12-16)24(33)15-32(37(2,35)36)18-9-11-21(28)22(29)13-18/h8-13,17,23H,3-7,14-15H2,1-2H3,(H,30,34)/t23-/m1/s1. The van der Waals surface area contributed by atoms with Crippen molar-refractivity contribution in [2.45, 2.75) is 57.7 Å². The van der Waals surface area contributed by atoms with Crippen LogP contribution in [0, 0.1) is 11.6 Å². The Morgan fingerprint density at radius 1 is 1.05 bits per heavy atom. The Balaban J connectivity index is 1.95. The molecule has 0 unspecified atom stereocenters. The van der Waals surface area contributed by atoms with E-state index in [1.165, 1.54) is 4.90 Å². The summed E-state index contributed by atoms with van der Waals surface area (Å²) >= 11 is 12.2. The summed E-state index contributed by atoms with van der Waals surface area (Å²) in [7, 11) is -4.08. The number of rotatable bonds is 10. The van der Waals surface area contributed by atoms with Crippen LogP contribution in [0.25, 0.3) is 0 Å². The predicted octanol–water partition coefficient (Wildman–Crippen LogP) is 4.90. The molecule has 0 aliphatic heterocycles. The Labute approximate surface area is 225 Å². The van der Waals surface area contributed by atoms with Gasteiger partial charge in [0, 0.05) is 18.7 Å². The molecule has 0 spiro atoms. The summed E-state index contributed by atoms with van der Waals surface area (Å²) in [6.07, 6.45) is 4.82. The Kier molecular flexibility index (Phi) is 9.77. The highest BCUT2D eigenvalue weighted by atomic mass is 35.5. The van der Waals surface area contributed by atoms with Crippen LogP contribution in [0.2, 0.25) is 10.0 Å². The molecule has 0 heterocycles. The third-order valence-electron chi connectivity index (χ3n) is 6.29. The first-order chi connectivity index (χ1) is 17.4. The summed E-state index contributed by atoms with van der Waals surface area (Å²) < 4.78 is 53.2. The number of benzene rings is 2. The van der Waals surface area contributed by atoms with Gasteiger partial charge in [-0.15, -0.1) is 0 Å². The average Bonchev–Trinajstić information content (AvgIpc) is 3.33. The van der Waals surface area contributed by atoms with E-state index in [1.54, 1.807) is 25.1 Å². The molecule has 0 aromatic heterocycles. The number of nitrogens with zero attached hydrogens (tertiary/aromatic N) is 2. The molecule has 0 saturated heterocycles. The SMILES string of the molecule is CC[C@H](C(=O)NC1CCCC1)N(Cc1ccc(Cl)c(Cl)c1)C(=O)CN(c1ccc(F)c(F)c1)S(C)(=O)=O. The molecule has 1 fully saturated rings. The lowest BCUT2D eigenvalue weighted by molar-refractivity contribution is -0.140. The van der Waals surface area contributed by atoms with Crippen molar-refractivity contribution >= 4 is 50.7 Å². The third kappa shape index (κ3) is 7.55. The van der Waals surface area contributed by atoms with Gasteiger partial charge in [0.15, 0.2) is 11.6 Å². The van der Waals surface area contributed by atoms with Crippen LogP contribution >= 0.6 is 23.2 Å². The second kappa shape index (κ2) is 12.4. The monoisotopic (exact) mass is 575 g/mol. The number of anilines is 1. The molecule has 2 aromatic rings. The lowest BCUT2D eigenvalue weighted by Gasteiger charge is -2.33. The maximum absolute atomic E-state index is 13.9. The third-order valence-corrected chi connectivity index (χ3v) is 8.17. The predicted molar refractivity (Wildman–Crippen MR) is 140 cm³/mol. The summed E-state index contributed by atoms with van der Waals surface area (Å²) in [5.41, 5.74) is 0.362. The van der Waals surface area contributed by atoms with E-state index in [1.807, 2.05) is 0 Å². The van der Waals surface area contributed by atoms with Crippen LogP contribution in [0.4, 0.5) is 14.5 Å². The Hall–Kier alpha value is -2.43. The van der Waals surface area contributed by atoms with Gasteiger partial charge in [0.2, 0.25) is 21.8 Å². The van der Waals surface area contributed by atoms with Crippen LogP contribution in [-0.2, 0) is 26.2 Å². The number of halogens is 4. The zero-order valence-electron chi connectivity index (χ0n) is 20.5. The van der Waals surface area contributed by atoms with Gasteiger partial charge < -0.3 is 10.2 Å². The van der Waals surface area contributed by atoms with Crippen molar-refractivity contribution in [1.82, 2.24) is 10.2 Å². The summed E-state index contributed by atoms with van der Waals surface area (Å²) in [4.78, 5) is 28.2. The van der Waals surface area contributed by atoms with Gasteiger partial charge in [-0.05, 0) is 49.1 Å². The Morgan fingerprint density at radius 2 is 1.73 bits per heavy atom. The van der Waals surface area contributed by atoms with Gasteiger partial charge in [0.05, 0.1) is 22.0 Å². The minimum Gasteiger partial charge on any atom is -0.352 e. The lowest BCUT2D eigenvalue weighted by Crippen LogP contribution is -2.53. The van der Waals surface area contributed by atoms with Crippen LogP contribution in [0.5, 0.6) is 0 Å². The fourth-order valence-electron chi connectivity index (χ4n) is 4.38. The number of amides is 2. The maximum atomic E-state index is 13.9. The van der Waals surface area contributed by atoms with Crippen molar-refractivity contribution in [3.8, 4) is 0 Å². The van der Waals surface area contributed by atoms with Crippen LogP contribution in [0.1, 0.15) is 44.6 Å². The fraction of sp³-hybridized carbons (Fsp3) is 0.440. The molecule has 1 aliphatic rings. The van der Waals surface area contributed by atoms with Gasteiger partial charge in [-0.3, -0.25) is 13.9 Å². The van der Waals surface area contributed by atoms with E-state index >= 15 is 0 Å². The Morgan fingerprint density at radius 3 is 2.30 bits per heavy atom. The number of hydrogen-bond acceptors (Lipinski definition) is 4.